The van der Waals surface area contributed by atoms with E-state index in [2.05, 4.69) is 26.0 Å². The van der Waals surface area contributed by atoms with Crippen LogP contribution in [0.1, 0.15) is 0 Å². The molecule has 25 heavy (non-hydrogen) atoms. The summed E-state index contributed by atoms with van der Waals surface area (Å²) in [6.45, 7) is 0. The van der Waals surface area contributed by atoms with Gasteiger partial charge in [0.2, 0.25) is 5.13 Å². The number of nitrogens with two attached hydrogens (primary N) is 1. The molecule has 2 N–H and O–H groups in total. The molecule has 0 saturated carbocycles. The lowest BCUT2D eigenvalue weighted by Gasteiger charge is -1.99. The van der Waals surface area contributed by atoms with Crippen molar-refractivity contribution >= 4 is 44.7 Å². The van der Waals surface area contributed by atoms with Crippen LogP contribution in [0.5, 0.6) is 0 Å². The molecule has 124 valence electrons. The van der Waals surface area contributed by atoms with E-state index >= 15 is 0 Å². The minimum atomic E-state index is 0.543. The third kappa shape index (κ3) is 3.33. The van der Waals surface area contributed by atoms with E-state index in [-0.39, 0.29) is 0 Å². The van der Waals surface area contributed by atoms with Gasteiger partial charge in [0.1, 0.15) is 5.82 Å². The molecule has 0 amide bonds. The third-order valence-electron chi connectivity index (χ3n) is 3.69. The Balaban J connectivity index is 1.69. The summed E-state index contributed by atoms with van der Waals surface area (Å²) in [7, 11) is 0. The van der Waals surface area contributed by atoms with Crippen LogP contribution in [0.4, 0.5) is 5.82 Å². The summed E-state index contributed by atoms with van der Waals surface area (Å²) in [5.41, 5.74) is 9.84. The molecule has 7 heteroatoms. The van der Waals surface area contributed by atoms with Crippen LogP contribution >= 0.6 is 38.9 Å². The number of rotatable bonds is 3. The number of hydrogen-bond acceptors (Lipinski definition) is 4. The fourth-order valence-electron chi connectivity index (χ4n) is 2.43. The number of benzene rings is 2. The topological polar surface area (TPSA) is 56.7 Å². The summed E-state index contributed by atoms with van der Waals surface area (Å²) in [5.74, 6) is 0.543. The number of hydrogen-bond donors (Lipinski definition) is 1. The smallest absolute Gasteiger partial charge is 0.212 e. The second-order valence-corrected chi connectivity index (χ2v) is 7.58. The van der Waals surface area contributed by atoms with Gasteiger partial charge in [0.15, 0.2) is 0 Å². The first-order chi connectivity index (χ1) is 12.1. The number of nitrogen functional groups attached to an aromatic ring is 1. The van der Waals surface area contributed by atoms with Gasteiger partial charge < -0.3 is 5.73 Å². The Morgan fingerprint density at radius 2 is 1.60 bits per heavy atom. The second-order valence-electron chi connectivity index (χ2n) is 5.40. The molecule has 2 aromatic carbocycles. The average molecular weight is 432 g/mol. The van der Waals surface area contributed by atoms with Gasteiger partial charge in [0.25, 0.3) is 0 Å². The van der Waals surface area contributed by atoms with Crippen molar-refractivity contribution in [2.75, 3.05) is 5.73 Å². The molecular weight excluding hydrogens is 420 g/mol. The highest BCUT2D eigenvalue weighted by Gasteiger charge is 2.13. The minimum Gasteiger partial charge on any atom is -0.383 e. The van der Waals surface area contributed by atoms with Crippen LogP contribution in [0.25, 0.3) is 27.6 Å². The molecule has 0 saturated heterocycles. The predicted molar refractivity (Wildman–Crippen MR) is 107 cm³/mol. The van der Waals surface area contributed by atoms with Crippen molar-refractivity contribution in [3.8, 4) is 27.6 Å². The fraction of sp³-hybridized carbons (Fsp3) is 0. The van der Waals surface area contributed by atoms with Crippen LogP contribution in [0.2, 0.25) is 5.02 Å². The second kappa shape index (κ2) is 6.63. The zero-order valence-electron chi connectivity index (χ0n) is 12.9. The van der Waals surface area contributed by atoms with E-state index in [9.17, 15) is 0 Å². The summed E-state index contributed by atoms with van der Waals surface area (Å²) in [6.07, 6.45) is 0. The molecule has 4 nitrogen and oxygen atoms in total. The quantitative estimate of drug-likeness (QED) is 0.455. The average Bonchev–Trinajstić information content (AvgIpc) is 3.23. The lowest BCUT2D eigenvalue weighted by molar-refractivity contribution is 0.884. The molecular formula is C18H12BrClN4S. The van der Waals surface area contributed by atoms with Crippen molar-refractivity contribution < 1.29 is 0 Å². The van der Waals surface area contributed by atoms with Gasteiger partial charge in [0, 0.05) is 32.1 Å². The van der Waals surface area contributed by atoms with Crippen molar-refractivity contribution in [1.82, 2.24) is 14.8 Å². The third-order valence-corrected chi connectivity index (χ3v) is 5.29. The van der Waals surface area contributed by atoms with Gasteiger partial charge in [0.05, 0.1) is 11.4 Å². The van der Waals surface area contributed by atoms with Crippen LogP contribution in [0.15, 0.2) is 64.5 Å². The Labute approximate surface area is 162 Å². The lowest BCUT2D eigenvalue weighted by Crippen LogP contribution is -2.01. The minimum absolute atomic E-state index is 0.543. The summed E-state index contributed by atoms with van der Waals surface area (Å²) in [4.78, 5) is 4.66. The molecule has 0 aliphatic carbocycles. The molecule has 4 aromatic rings. The van der Waals surface area contributed by atoms with Gasteiger partial charge in [-0.3, -0.25) is 0 Å². The van der Waals surface area contributed by atoms with E-state index in [4.69, 9.17) is 17.3 Å². The van der Waals surface area contributed by atoms with Gasteiger partial charge in [-0.05, 0) is 24.3 Å². The Kier molecular flexibility index (Phi) is 4.33. The molecule has 0 fully saturated rings. The van der Waals surface area contributed by atoms with E-state index in [1.165, 1.54) is 11.3 Å². The van der Waals surface area contributed by atoms with Crippen LogP contribution < -0.4 is 5.73 Å². The lowest BCUT2D eigenvalue weighted by atomic mass is 10.1. The van der Waals surface area contributed by atoms with Gasteiger partial charge in [-0.2, -0.15) is 9.78 Å². The number of halogens is 2. The van der Waals surface area contributed by atoms with Crippen molar-refractivity contribution in [2.45, 2.75) is 0 Å². The Morgan fingerprint density at radius 1 is 0.960 bits per heavy atom. The van der Waals surface area contributed by atoms with Gasteiger partial charge in [-0.25, -0.2) is 4.98 Å². The largest absolute Gasteiger partial charge is 0.383 e. The summed E-state index contributed by atoms with van der Waals surface area (Å²) < 4.78 is 2.70. The van der Waals surface area contributed by atoms with Crippen LogP contribution in [0.3, 0.4) is 0 Å². The molecule has 2 heterocycles. The number of anilines is 1. The maximum atomic E-state index is 6.14. The van der Waals surface area contributed by atoms with E-state index in [1.807, 2.05) is 60.0 Å². The first-order valence-electron chi connectivity index (χ1n) is 7.43. The van der Waals surface area contributed by atoms with E-state index in [1.54, 1.807) is 4.68 Å². The Hall–Kier alpha value is -2.15. The Morgan fingerprint density at radius 3 is 2.32 bits per heavy atom. The highest BCUT2D eigenvalue weighted by atomic mass is 79.9. The van der Waals surface area contributed by atoms with Gasteiger partial charge in [-0.1, -0.05) is 51.8 Å². The molecule has 2 aromatic heterocycles. The van der Waals surface area contributed by atoms with Crippen molar-refractivity contribution in [1.29, 1.82) is 0 Å². The van der Waals surface area contributed by atoms with E-state index < -0.39 is 0 Å². The molecule has 0 aliphatic rings. The van der Waals surface area contributed by atoms with Crippen LogP contribution in [-0.4, -0.2) is 14.8 Å². The first-order valence-corrected chi connectivity index (χ1v) is 9.48. The van der Waals surface area contributed by atoms with Gasteiger partial charge >= 0.3 is 0 Å². The molecule has 0 aliphatic heterocycles. The van der Waals surface area contributed by atoms with Crippen molar-refractivity contribution in [3.05, 3.63) is 69.5 Å². The zero-order valence-corrected chi connectivity index (χ0v) is 16.0. The number of nitrogens with zero attached hydrogens (tertiary/aromatic N) is 3. The van der Waals surface area contributed by atoms with Crippen LogP contribution in [-0.2, 0) is 0 Å². The summed E-state index contributed by atoms with van der Waals surface area (Å²) in [6, 6.07) is 17.4. The molecule has 4 rings (SSSR count). The highest BCUT2D eigenvalue weighted by Crippen LogP contribution is 2.29. The molecule has 0 spiro atoms. The van der Waals surface area contributed by atoms with Gasteiger partial charge in [-0.15, -0.1) is 11.3 Å². The molecule has 0 bridgehead atoms. The summed E-state index contributed by atoms with van der Waals surface area (Å²) in [5, 5.41) is 8.01. The molecule has 0 atom stereocenters. The predicted octanol–water partition coefficient (Wildman–Crippen LogP) is 5.66. The standard InChI is InChI=1S/C18H12BrClN4S/c19-13-5-1-12(2-6-13)16-10-25-18(22-16)24-17(21)9-15(23-24)11-3-7-14(20)8-4-11/h1-10H,21H2. The zero-order chi connectivity index (χ0) is 17.4. The Bertz CT molecular complexity index is 1020. The van der Waals surface area contributed by atoms with Crippen molar-refractivity contribution in [2.24, 2.45) is 0 Å². The fourth-order valence-corrected chi connectivity index (χ4v) is 3.62. The number of aromatic nitrogens is 3. The maximum Gasteiger partial charge on any atom is 0.212 e. The molecule has 0 radical (unpaired) electrons. The summed E-state index contributed by atoms with van der Waals surface area (Å²) >= 11 is 10.9. The normalized spacial score (nSPS) is 11.0. The van der Waals surface area contributed by atoms with Crippen molar-refractivity contribution in [3.63, 3.8) is 0 Å². The molecule has 0 unspecified atom stereocenters. The first kappa shape index (κ1) is 16.3. The van der Waals surface area contributed by atoms with Crippen LogP contribution in [0, 0.1) is 0 Å². The SMILES string of the molecule is Nc1cc(-c2ccc(Cl)cc2)nn1-c1nc(-c2ccc(Br)cc2)cs1. The van der Waals surface area contributed by atoms with E-state index in [0.717, 1.165) is 32.1 Å². The monoisotopic (exact) mass is 430 g/mol. The van der Waals surface area contributed by atoms with E-state index in [0.29, 0.717) is 10.8 Å². The maximum absolute atomic E-state index is 6.14. The highest BCUT2D eigenvalue weighted by molar-refractivity contribution is 9.10. The number of thiazole rings is 1.